The number of carbonyl (C=O) groups is 2. The molecule has 0 saturated carbocycles. The molecule has 0 aromatic carbocycles. The summed E-state index contributed by atoms with van der Waals surface area (Å²) in [4.78, 5) is 22.5. The Labute approximate surface area is 111 Å². The van der Waals surface area contributed by atoms with Crippen LogP contribution in [0.4, 0.5) is 0 Å². The molecule has 0 aliphatic rings. The lowest BCUT2D eigenvalue weighted by Crippen LogP contribution is -2.42. The van der Waals surface area contributed by atoms with E-state index in [1.54, 1.807) is 11.8 Å². The van der Waals surface area contributed by atoms with Crippen LogP contribution in [0.25, 0.3) is 0 Å². The molecule has 17 heavy (non-hydrogen) atoms. The van der Waals surface area contributed by atoms with Gasteiger partial charge in [0, 0.05) is 4.75 Å². The second kappa shape index (κ2) is 7.87. The number of amides is 1. The largest absolute Gasteiger partial charge is 0.480 e. The fourth-order valence-corrected chi connectivity index (χ4v) is 2.13. The Morgan fingerprint density at radius 1 is 1.35 bits per heavy atom. The van der Waals surface area contributed by atoms with Gasteiger partial charge in [0.15, 0.2) is 0 Å². The molecule has 0 fully saturated rings. The van der Waals surface area contributed by atoms with E-state index in [1.165, 1.54) is 11.8 Å². The summed E-state index contributed by atoms with van der Waals surface area (Å²) in [5, 5.41) is 11.5. The molecule has 0 aromatic rings. The van der Waals surface area contributed by atoms with Crippen LogP contribution in [0.3, 0.4) is 0 Å². The number of nitrogens with one attached hydrogen (secondary N) is 1. The second-order valence-corrected chi connectivity index (χ2v) is 7.43. The fraction of sp³-hybridized carbons (Fsp3) is 0.818. The van der Waals surface area contributed by atoms with Crippen LogP contribution in [-0.4, -0.2) is 45.5 Å². The maximum atomic E-state index is 11.6. The van der Waals surface area contributed by atoms with Crippen LogP contribution < -0.4 is 5.32 Å². The zero-order valence-electron chi connectivity index (χ0n) is 10.8. The van der Waals surface area contributed by atoms with Crippen LogP contribution in [0.15, 0.2) is 0 Å². The van der Waals surface area contributed by atoms with Gasteiger partial charge in [-0.25, -0.2) is 4.79 Å². The van der Waals surface area contributed by atoms with E-state index in [-0.39, 0.29) is 10.7 Å². The molecule has 0 aliphatic heterocycles. The highest BCUT2D eigenvalue weighted by atomic mass is 32.2. The molecule has 1 amide bonds. The normalized spacial score (nSPS) is 13.2. The Hall–Kier alpha value is -0.360. The van der Waals surface area contributed by atoms with Crippen molar-refractivity contribution in [1.29, 1.82) is 0 Å². The van der Waals surface area contributed by atoms with Crippen molar-refractivity contribution >= 4 is 35.4 Å². The first-order valence-electron chi connectivity index (χ1n) is 5.41. The summed E-state index contributed by atoms with van der Waals surface area (Å²) in [7, 11) is 0. The Balaban J connectivity index is 4.08. The van der Waals surface area contributed by atoms with Crippen LogP contribution in [0.2, 0.25) is 0 Å². The van der Waals surface area contributed by atoms with E-state index < -0.39 is 12.0 Å². The van der Waals surface area contributed by atoms with Gasteiger partial charge < -0.3 is 10.4 Å². The predicted octanol–water partition coefficient (Wildman–Crippen LogP) is 1.84. The van der Waals surface area contributed by atoms with Gasteiger partial charge in [-0.05, 0) is 18.4 Å². The van der Waals surface area contributed by atoms with Gasteiger partial charge >= 0.3 is 5.97 Å². The van der Waals surface area contributed by atoms with Crippen molar-refractivity contribution in [3.8, 4) is 0 Å². The van der Waals surface area contributed by atoms with Gasteiger partial charge in [0.1, 0.15) is 6.04 Å². The van der Waals surface area contributed by atoms with E-state index in [0.717, 1.165) is 5.75 Å². The zero-order chi connectivity index (χ0) is 13.5. The number of rotatable bonds is 7. The molecule has 2 N–H and O–H groups in total. The second-order valence-electron chi connectivity index (χ2n) is 4.64. The first kappa shape index (κ1) is 16.6. The Kier molecular flexibility index (Phi) is 7.70. The van der Waals surface area contributed by atoms with Crippen molar-refractivity contribution in [2.75, 3.05) is 17.8 Å². The molecule has 0 unspecified atom stereocenters. The van der Waals surface area contributed by atoms with Crippen LogP contribution in [0.1, 0.15) is 27.2 Å². The Morgan fingerprint density at radius 3 is 2.35 bits per heavy atom. The van der Waals surface area contributed by atoms with Gasteiger partial charge in [-0.3, -0.25) is 4.79 Å². The number of aliphatic carboxylic acids is 1. The lowest BCUT2D eigenvalue weighted by Gasteiger charge is -2.18. The summed E-state index contributed by atoms with van der Waals surface area (Å²) in [6.45, 7) is 6.06. The lowest BCUT2D eigenvalue weighted by molar-refractivity contribution is -0.141. The Morgan fingerprint density at radius 2 is 1.94 bits per heavy atom. The molecule has 0 radical (unpaired) electrons. The van der Waals surface area contributed by atoms with Crippen molar-refractivity contribution in [2.24, 2.45) is 0 Å². The zero-order valence-corrected chi connectivity index (χ0v) is 12.4. The fourth-order valence-electron chi connectivity index (χ4n) is 1.01. The number of carboxylic acid groups (broad SMARTS) is 1. The monoisotopic (exact) mass is 279 g/mol. The standard InChI is InChI=1S/C11H21NO3S2/c1-11(2,3)17-7-9(13)12-8(10(14)15)5-6-16-4/h8H,5-7H2,1-4H3,(H,12,13)(H,14,15)/t8-/m1/s1. The summed E-state index contributed by atoms with van der Waals surface area (Å²) in [6.07, 6.45) is 2.37. The van der Waals surface area contributed by atoms with Crippen LogP contribution in [0.5, 0.6) is 0 Å². The van der Waals surface area contributed by atoms with E-state index in [2.05, 4.69) is 5.32 Å². The average Bonchev–Trinajstić information content (AvgIpc) is 2.19. The summed E-state index contributed by atoms with van der Waals surface area (Å²) in [6, 6.07) is -0.768. The summed E-state index contributed by atoms with van der Waals surface area (Å²) < 4.78 is 0.00926. The number of carboxylic acids is 1. The number of hydrogen-bond acceptors (Lipinski definition) is 4. The van der Waals surface area contributed by atoms with E-state index in [9.17, 15) is 9.59 Å². The smallest absolute Gasteiger partial charge is 0.326 e. The van der Waals surface area contributed by atoms with Gasteiger partial charge in [0.2, 0.25) is 5.91 Å². The maximum absolute atomic E-state index is 11.6. The third-order valence-electron chi connectivity index (χ3n) is 1.88. The Bertz CT molecular complexity index is 264. The SMILES string of the molecule is CSCC[C@@H](NC(=O)CSC(C)(C)C)C(=O)O. The number of thioether (sulfide) groups is 2. The molecule has 0 aromatic heterocycles. The highest BCUT2D eigenvalue weighted by Gasteiger charge is 2.20. The molecule has 0 rings (SSSR count). The summed E-state index contributed by atoms with van der Waals surface area (Å²) in [5.74, 6) is -0.150. The van der Waals surface area contributed by atoms with Gasteiger partial charge in [-0.2, -0.15) is 11.8 Å². The molecule has 0 heterocycles. The lowest BCUT2D eigenvalue weighted by atomic mass is 10.2. The van der Waals surface area contributed by atoms with Gasteiger partial charge in [0.05, 0.1) is 5.75 Å². The van der Waals surface area contributed by atoms with Crippen molar-refractivity contribution in [3.63, 3.8) is 0 Å². The maximum Gasteiger partial charge on any atom is 0.326 e. The van der Waals surface area contributed by atoms with Crippen molar-refractivity contribution < 1.29 is 14.7 Å². The molecule has 0 spiro atoms. The first-order chi connectivity index (χ1) is 7.76. The minimum absolute atomic E-state index is 0.00926. The predicted molar refractivity (Wildman–Crippen MR) is 74.8 cm³/mol. The minimum Gasteiger partial charge on any atom is -0.480 e. The molecule has 100 valence electrons. The van der Waals surface area contributed by atoms with E-state index in [1.807, 2.05) is 27.0 Å². The molecule has 0 saturated heterocycles. The number of hydrogen-bond donors (Lipinski definition) is 2. The quantitative estimate of drug-likeness (QED) is 0.744. The van der Waals surface area contributed by atoms with Crippen molar-refractivity contribution in [3.05, 3.63) is 0 Å². The summed E-state index contributed by atoms with van der Waals surface area (Å²) in [5.41, 5.74) is 0. The van der Waals surface area contributed by atoms with Gasteiger partial charge in [0.25, 0.3) is 0 Å². The van der Waals surface area contributed by atoms with Crippen molar-refractivity contribution in [1.82, 2.24) is 5.32 Å². The van der Waals surface area contributed by atoms with Crippen LogP contribution >= 0.6 is 23.5 Å². The van der Waals surface area contributed by atoms with Gasteiger partial charge in [-0.1, -0.05) is 20.8 Å². The van der Waals surface area contributed by atoms with Gasteiger partial charge in [-0.15, -0.1) is 11.8 Å². The van der Waals surface area contributed by atoms with E-state index in [0.29, 0.717) is 12.2 Å². The first-order valence-corrected chi connectivity index (χ1v) is 7.79. The highest BCUT2D eigenvalue weighted by molar-refractivity contribution is 8.01. The molecular formula is C11H21NO3S2. The minimum atomic E-state index is -0.965. The van der Waals surface area contributed by atoms with E-state index >= 15 is 0 Å². The third-order valence-corrected chi connectivity index (χ3v) is 3.80. The van der Waals surface area contributed by atoms with Crippen LogP contribution in [-0.2, 0) is 9.59 Å². The molecule has 1 atom stereocenters. The molecule has 0 bridgehead atoms. The molecule has 0 aliphatic carbocycles. The molecule has 4 nitrogen and oxygen atoms in total. The summed E-state index contributed by atoms with van der Waals surface area (Å²) >= 11 is 3.08. The molecular weight excluding hydrogens is 258 g/mol. The van der Waals surface area contributed by atoms with E-state index in [4.69, 9.17) is 5.11 Å². The topological polar surface area (TPSA) is 66.4 Å². The van der Waals surface area contributed by atoms with Crippen molar-refractivity contribution in [2.45, 2.75) is 38.0 Å². The number of carbonyl (C=O) groups excluding carboxylic acids is 1. The van der Waals surface area contributed by atoms with Crippen LogP contribution in [0, 0.1) is 0 Å². The molecule has 6 heteroatoms. The average molecular weight is 279 g/mol. The third kappa shape index (κ3) is 9.35. The highest BCUT2D eigenvalue weighted by Crippen LogP contribution is 2.22.